The quantitative estimate of drug-likeness (QED) is 0.0755. The number of aliphatic hydroxyl groups is 1. The number of hydrogen-bond acceptors (Lipinski definition) is 15. The van der Waals surface area contributed by atoms with E-state index in [-0.39, 0.29) is 28.4 Å². The van der Waals surface area contributed by atoms with Gasteiger partial charge in [-0.25, -0.2) is 23.5 Å². The first-order chi connectivity index (χ1) is 19.0. The number of fused-ring (bicyclic) bond motifs is 1. The largest absolute Gasteiger partial charge is 0.490 e. The number of benzene rings is 1. The van der Waals surface area contributed by atoms with Gasteiger partial charge >= 0.3 is 29.4 Å². The molecule has 0 radical (unpaired) electrons. The molecule has 0 amide bonds. The van der Waals surface area contributed by atoms with E-state index in [1.807, 2.05) is 0 Å². The molecule has 0 spiro atoms. The number of nitrogen functional groups attached to an aromatic ring is 2. The van der Waals surface area contributed by atoms with E-state index in [0.717, 1.165) is 10.9 Å². The lowest BCUT2D eigenvalue weighted by Crippen LogP contribution is -2.37. The van der Waals surface area contributed by atoms with Crippen LogP contribution in [0.15, 0.2) is 35.4 Å². The number of H-pyrrole nitrogens is 1. The van der Waals surface area contributed by atoms with Gasteiger partial charge in [0, 0.05) is 5.69 Å². The van der Waals surface area contributed by atoms with Crippen molar-refractivity contribution in [3.8, 4) is 0 Å². The van der Waals surface area contributed by atoms with Crippen LogP contribution in [0.25, 0.3) is 11.2 Å². The molecule has 41 heavy (non-hydrogen) atoms. The smallest absolute Gasteiger partial charge is 0.451 e. The van der Waals surface area contributed by atoms with Crippen LogP contribution in [0.5, 0.6) is 0 Å². The first-order valence-corrected chi connectivity index (χ1v) is 15.4. The number of phosphoric ester groups is 1. The zero-order valence-corrected chi connectivity index (χ0v) is 22.7. The number of ether oxygens (including phenoxy) is 2. The number of nitrogens with zero attached hydrogens (tertiary/aromatic N) is 3. The number of rotatable bonds is 10. The highest BCUT2D eigenvalue weighted by Crippen LogP contribution is 2.66. The third kappa shape index (κ3) is 7.25. The highest BCUT2D eigenvalue weighted by Gasteiger charge is 2.50. The molecule has 10 N–H and O–H groups in total. The normalized spacial score (nSPS) is 24.1. The maximum atomic E-state index is 12.9. The molecule has 3 heterocycles. The molecule has 1 fully saturated rings. The van der Waals surface area contributed by atoms with Crippen LogP contribution in [-0.2, 0) is 36.3 Å². The van der Waals surface area contributed by atoms with Crippen LogP contribution in [0.3, 0.4) is 0 Å². The summed E-state index contributed by atoms with van der Waals surface area (Å²) in [4.78, 5) is 71.6. The van der Waals surface area contributed by atoms with Crippen LogP contribution >= 0.6 is 23.5 Å². The van der Waals surface area contributed by atoms with E-state index in [2.05, 4.69) is 28.1 Å². The molecule has 1 saturated heterocycles. The van der Waals surface area contributed by atoms with Crippen molar-refractivity contribution < 1.29 is 65.8 Å². The standard InChI is InChI=1S/C17H21N6O15P3/c18-8-4-2-1-3-7(8)16(26)36-12-11(24)9(5-34-40(30,31)38-41(32,33)37-39(27,28)29)35-15(12)23-6-20-10-13(23)21-17(19)22-14(10)25/h1-4,6,9,11-12,15,24H,5,18H2,(H,30,31)(H,32,33)(H2,27,28,29)(H3,19,21,22,25). The predicted octanol–water partition coefficient (Wildman–Crippen LogP) is -0.889. The first-order valence-electron chi connectivity index (χ1n) is 10.9. The van der Waals surface area contributed by atoms with Gasteiger partial charge < -0.3 is 45.6 Å². The van der Waals surface area contributed by atoms with Crippen molar-refractivity contribution in [2.45, 2.75) is 24.5 Å². The number of esters is 1. The Balaban J connectivity index is 1.61. The Morgan fingerprint density at radius 2 is 1.78 bits per heavy atom. The molecule has 6 atom stereocenters. The minimum absolute atomic E-state index is 0.0284. The summed E-state index contributed by atoms with van der Waals surface area (Å²) in [6, 6.07) is 5.77. The fourth-order valence-electron chi connectivity index (χ4n) is 3.68. The average molecular weight is 642 g/mol. The lowest BCUT2D eigenvalue weighted by atomic mass is 10.1. The third-order valence-electron chi connectivity index (χ3n) is 5.28. The molecule has 0 saturated carbocycles. The Labute approximate surface area is 227 Å². The lowest BCUT2D eigenvalue weighted by Gasteiger charge is -2.22. The number of aliphatic hydroxyl groups excluding tert-OH is 1. The Kier molecular flexibility index (Phi) is 8.55. The summed E-state index contributed by atoms with van der Waals surface area (Å²) in [6.07, 6.45) is -5.61. The molecular weight excluding hydrogens is 621 g/mol. The monoisotopic (exact) mass is 642 g/mol. The van der Waals surface area contributed by atoms with E-state index >= 15 is 0 Å². The van der Waals surface area contributed by atoms with Gasteiger partial charge in [0.05, 0.1) is 18.5 Å². The van der Waals surface area contributed by atoms with E-state index in [1.165, 1.54) is 18.2 Å². The highest BCUT2D eigenvalue weighted by atomic mass is 31.3. The summed E-state index contributed by atoms with van der Waals surface area (Å²) in [7, 11) is -17.1. The van der Waals surface area contributed by atoms with Crippen LogP contribution in [-0.4, -0.2) is 75.1 Å². The molecular formula is C17H21N6O15P3. The Morgan fingerprint density at radius 3 is 2.44 bits per heavy atom. The van der Waals surface area contributed by atoms with Crippen LogP contribution in [0.2, 0.25) is 0 Å². The fourth-order valence-corrected chi connectivity index (χ4v) is 6.71. The van der Waals surface area contributed by atoms with Crippen molar-refractivity contribution in [2.24, 2.45) is 0 Å². The molecule has 0 bridgehead atoms. The van der Waals surface area contributed by atoms with Crippen molar-refractivity contribution in [3.05, 3.63) is 46.5 Å². The van der Waals surface area contributed by atoms with Crippen molar-refractivity contribution in [3.63, 3.8) is 0 Å². The lowest BCUT2D eigenvalue weighted by molar-refractivity contribution is -0.0557. The molecule has 224 valence electrons. The molecule has 1 aliphatic rings. The van der Waals surface area contributed by atoms with Gasteiger partial charge in [0.2, 0.25) is 5.95 Å². The maximum absolute atomic E-state index is 12.9. The number of aromatic nitrogens is 4. The van der Waals surface area contributed by atoms with Gasteiger partial charge in [-0.2, -0.15) is 13.6 Å². The number of para-hydroxylation sites is 1. The van der Waals surface area contributed by atoms with Crippen LogP contribution in [0, 0.1) is 0 Å². The van der Waals surface area contributed by atoms with Gasteiger partial charge in [-0.05, 0) is 12.1 Å². The molecule has 21 nitrogen and oxygen atoms in total. The maximum Gasteiger partial charge on any atom is 0.490 e. The van der Waals surface area contributed by atoms with Crippen LogP contribution in [0.4, 0.5) is 11.6 Å². The number of imidazole rings is 1. The van der Waals surface area contributed by atoms with Crippen molar-refractivity contribution in [2.75, 3.05) is 18.1 Å². The summed E-state index contributed by atoms with van der Waals surface area (Å²) >= 11 is 0. The van der Waals surface area contributed by atoms with E-state index in [9.17, 15) is 38.2 Å². The molecule has 2 aromatic heterocycles. The van der Waals surface area contributed by atoms with Gasteiger partial charge in [0.1, 0.15) is 12.2 Å². The number of carbonyl (C=O) groups is 1. The molecule has 6 unspecified atom stereocenters. The number of aromatic amines is 1. The Morgan fingerprint density at radius 1 is 1.10 bits per heavy atom. The van der Waals surface area contributed by atoms with Gasteiger partial charge in [0.15, 0.2) is 23.5 Å². The second-order valence-electron chi connectivity index (χ2n) is 8.17. The number of hydrogen-bond donors (Lipinski definition) is 8. The van der Waals surface area contributed by atoms with Gasteiger partial charge in [0.25, 0.3) is 5.56 Å². The van der Waals surface area contributed by atoms with Crippen LogP contribution < -0.4 is 17.0 Å². The average Bonchev–Trinajstić information content (AvgIpc) is 3.37. The number of nitrogens with two attached hydrogens (primary N) is 2. The van der Waals surface area contributed by atoms with E-state index in [1.54, 1.807) is 6.07 Å². The molecule has 4 rings (SSSR count). The van der Waals surface area contributed by atoms with Crippen molar-refractivity contribution in [1.29, 1.82) is 0 Å². The Hall–Kier alpha value is -3.03. The number of carbonyl (C=O) groups excluding carboxylic acids is 1. The fraction of sp³-hybridized carbons (Fsp3) is 0.294. The highest BCUT2D eigenvalue weighted by molar-refractivity contribution is 7.66. The molecule has 24 heteroatoms. The van der Waals surface area contributed by atoms with E-state index < -0.39 is 66.1 Å². The summed E-state index contributed by atoms with van der Waals surface area (Å²) in [5.74, 6) is -1.35. The SMILES string of the molecule is Nc1nc2c(ncn2C2OC(COP(=O)(O)OP(=O)(O)OP(=O)(O)O)C(O)C2OC(=O)c2ccccc2N)c(=O)[nH]1. The Bertz CT molecular complexity index is 1670. The van der Waals surface area contributed by atoms with Crippen molar-refractivity contribution in [1.82, 2.24) is 19.5 Å². The first kappa shape index (κ1) is 30.9. The van der Waals surface area contributed by atoms with E-state index in [0.29, 0.717) is 0 Å². The molecule has 1 aromatic carbocycles. The minimum Gasteiger partial charge on any atom is -0.451 e. The summed E-state index contributed by atoms with van der Waals surface area (Å²) in [6.45, 7) is -1.09. The molecule has 1 aliphatic heterocycles. The third-order valence-corrected chi connectivity index (χ3v) is 9.08. The molecule has 0 aliphatic carbocycles. The number of anilines is 2. The van der Waals surface area contributed by atoms with Crippen molar-refractivity contribution >= 4 is 52.2 Å². The second-order valence-corrected chi connectivity index (χ2v) is 12.6. The summed E-state index contributed by atoms with van der Waals surface area (Å²) < 4.78 is 58.5. The van der Waals surface area contributed by atoms with Gasteiger partial charge in [-0.1, -0.05) is 12.1 Å². The van der Waals surface area contributed by atoms with Gasteiger partial charge in [-0.15, -0.1) is 0 Å². The van der Waals surface area contributed by atoms with Gasteiger partial charge in [-0.3, -0.25) is 18.9 Å². The number of nitrogens with one attached hydrogen (secondary N) is 1. The predicted molar refractivity (Wildman–Crippen MR) is 132 cm³/mol. The summed E-state index contributed by atoms with van der Waals surface area (Å²) in [5.41, 5.74) is 10.2. The summed E-state index contributed by atoms with van der Waals surface area (Å²) in [5, 5.41) is 10.9. The van der Waals surface area contributed by atoms with E-state index in [4.69, 9.17) is 30.7 Å². The number of phosphoric acid groups is 3. The van der Waals surface area contributed by atoms with Crippen LogP contribution in [0.1, 0.15) is 16.6 Å². The zero-order chi connectivity index (χ0) is 30.3. The zero-order valence-electron chi connectivity index (χ0n) is 20.1. The second kappa shape index (κ2) is 11.3. The topological polar surface area (TPSA) is 331 Å². The minimum atomic E-state index is -5.82. The molecule has 3 aromatic rings.